The largest absolute Gasteiger partial charge is 0.365 e. The third-order valence-electron chi connectivity index (χ3n) is 4.11. The number of likely N-dealkylation sites (N-methyl/N-ethyl adjacent to an activating group) is 1. The molecular formula is C17H20ClN3O. The Balaban J connectivity index is 1.83. The highest BCUT2D eigenvalue weighted by atomic mass is 35.5. The van der Waals surface area contributed by atoms with Gasteiger partial charge < -0.3 is 14.4 Å². The van der Waals surface area contributed by atoms with Gasteiger partial charge in [0.25, 0.3) is 5.56 Å². The van der Waals surface area contributed by atoms with Gasteiger partial charge in [-0.1, -0.05) is 23.7 Å². The molecule has 22 heavy (non-hydrogen) atoms. The van der Waals surface area contributed by atoms with Crippen LogP contribution in [0.4, 0.5) is 5.69 Å². The Hall–Kier alpha value is -1.78. The molecule has 1 aromatic heterocycles. The molecule has 0 unspecified atom stereocenters. The van der Waals surface area contributed by atoms with Crippen molar-refractivity contribution in [2.75, 3.05) is 38.1 Å². The van der Waals surface area contributed by atoms with E-state index in [1.807, 2.05) is 42.6 Å². The molecule has 2 aromatic rings. The summed E-state index contributed by atoms with van der Waals surface area (Å²) in [5.41, 5.74) is 1.94. The van der Waals surface area contributed by atoms with Gasteiger partial charge in [-0.15, -0.1) is 0 Å². The molecule has 4 nitrogen and oxygen atoms in total. The number of hydrogen-bond acceptors (Lipinski definition) is 3. The second-order valence-corrected chi connectivity index (χ2v) is 6.18. The number of pyridine rings is 1. The van der Waals surface area contributed by atoms with E-state index in [1.54, 1.807) is 4.57 Å². The van der Waals surface area contributed by atoms with Crippen molar-refractivity contribution in [1.29, 1.82) is 0 Å². The highest BCUT2D eigenvalue weighted by Crippen LogP contribution is 2.13. The van der Waals surface area contributed by atoms with Gasteiger partial charge in [0.1, 0.15) is 5.69 Å². The van der Waals surface area contributed by atoms with Crippen LogP contribution in [0.25, 0.3) is 0 Å². The zero-order valence-corrected chi connectivity index (χ0v) is 13.5. The summed E-state index contributed by atoms with van der Waals surface area (Å²) in [5, 5.41) is 0.710. The summed E-state index contributed by atoms with van der Waals surface area (Å²) in [4.78, 5) is 17.2. The molecule has 0 spiro atoms. The fourth-order valence-corrected chi connectivity index (χ4v) is 2.85. The van der Waals surface area contributed by atoms with Crippen LogP contribution in [0.5, 0.6) is 0 Å². The average molecular weight is 318 g/mol. The van der Waals surface area contributed by atoms with Crippen molar-refractivity contribution < 1.29 is 0 Å². The van der Waals surface area contributed by atoms with Gasteiger partial charge in [0.2, 0.25) is 0 Å². The van der Waals surface area contributed by atoms with Gasteiger partial charge in [-0.2, -0.15) is 0 Å². The third-order valence-corrected chi connectivity index (χ3v) is 4.36. The summed E-state index contributed by atoms with van der Waals surface area (Å²) in [5.74, 6) is 0. The maximum Gasteiger partial charge on any atom is 0.274 e. The summed E-state index contributed by atoms with van der Waals surface area (Å²) in [7, 11) is 2.11. The number of nitrogens with zero attached hydrogens (tertiary/aromatic N) is 3. The normalized spacial score (nSPS) is 16.0. The number of rotatable bonds is 3. The van der Waals surface area contributed by atoms with Crippen molar-refractivity contribution >= 4 is 17.3 Å². The molecule has 0 aliphatic carbocycles. The summed E-state index contributed by atoms with van der Waals surface area (Å²) in [6.07, 6.45) is 1.84. The van der Waals surface area contributed by atoms with Crippen LogP contribution in [0, 0.1) is 0 Å². The van der Waals surface area contributed by atoms with Crippen LogP contribution < -0.4 is 10.5 Å². The van der Waals surface area contributed by atoms with E-state index in [1.165, 1.54) is 0 Å². The Kier molecular flexibility index (Phi) is 4.50. The van der Waals surface area contributed by atoms with Crippen molar-refractivity contribution in [3.63, 3.8) is 0 Å². The van der Waals surface area contributed by atoms with Crippen LogP contribution in [0.15, 0.2) is 47.4 Å². The Morgan fingerprint density at radius 3 is 2.41 bits per heavy atom. The molecule has 1 aliphatic heterocycles. The van der Waals surface area contributed by atoms with Crippen molar-refractivity contribution in [3.05, 3.63) is 63.5 Å². The summed E-state index contributed by atoms with van der Waals surface area (Å²) < 4.78 is 1.76. The van der Waals surface area contributed by atoms with Crippen molar-refractivity contribution in [1.82, 2.24) is 9.47 Å². The molecule has 1 aliphatic rings. The highest BCUT2D eigenvalue weighted by Gasteiger charge is 2.17. The summed E-state index contributed by atoms with van der Waals surface area (Å²) in [6, 6.07) is 11.5. The molecule has 5 heteroatoms. The molecule has 0 saturated carbocycles. The molecule has 0 N–H and O–H groups in total. The first-order valence-electron chi connectivity index (χ1n) is 7.51. The van der Waals surface area contributed by atoms with Crippen LogP contribution >= 0.6 is 11.6 Å². The zero-order valence-electron chi connectivity index (χ0n) is 12.7. The molecule has 3 rings (SSSR count). The lowest BCUT2D eigenvalue weighted by Gasteiger charge is -2.33. The molecule has 0 amide bonds. The van der Waals surface area contributed by atoms with Gasteiger partial charge in [-0.3, -0.25) is 4.79 Å². The van der Waals surface area contributed by atoms with Crippen LogP contribution in [0.1, 0.15) is 5.56 Å². The van der Waals surface area contributed by atoms with Crippen molar-refractivity contribution in [3.8, 4) is 0 Å². The van der Waals surface area contributed by atoms with Crippen LogP contribution in [-0.2, 0) is 6.54 Å². The zero-order chi connectivity index (χ0) is 15.5. The molecule has 1 fully saturated rings. The van der Waals surface area contributed by atoms with Gasteiger partial charge in [-0.05, 0) is 36.9 Å². The Morgan fingerprint density at radius 2 is 1.73 bits per heavy atom. The first-order valence-corrected chi connectivity index (χ1v) is 7.89. The van der Waals surface area contributed by atoms with Crippen LogP contribution in [-0.4, -0.2) is 42.7 Å². The quantitative estimate of drug-likeness (QED) is 0.869. The fraction of sp³-hybridized carbons (Fsp3) is 0.353. The van der Waals surface area contributed by atoms with E-state index in [4.69, 9.17) is 11.6 Å². The summed E-state index contributed by atoms with van der Waals surface area (Å²) in [6.45, 7) is 4.35. The lowest BCUT2D eigenvalue weighted by atomic mass is 10.2. The molecule has 2 heterocycles. The van der Waals surface area contributed by atoms with E-state index in [0.29, 0.717) is 11.6 Å². The maximum absolute atomic E-state index is 12.7. The van der Waals surface area contributed by atoms with Gasteiger partial charge in [0.05, 0.1) is 6.54 Å². The van der Waals surface area contributed by atoms with Crippen LogP contribution in [0.2, 0.25) is 5.02 Å². The van der Waals surface area contributed by atoms with E-state index >= 15 is 0 Å². The molecular weight excluding hydrogens is 298 g/mol. The number of aromatic nitrogens is 1. The number of piperazine rings is 1. The lowest BCUT2D eigenvalue weighted by molar-refractivity contribution is 0.312. The standard InChI is InChI=1S/C17H20ClN3O/c1-19-9-11-20(12-10-19)16-3-2-8-21(17(16)22)13-14-4-6-15(18)7-5-14/h2-8H,9-13H2,1H3. The second-order valence-electron chi connectivity index (χ2n) is 5.74. The monoisotopic (exact) mass is 317 g/mol. The predicted octanol–water partition coefficient (Wildman–Crippen LogP) is 2.30. The molecule has 0 radical (unpaired) electrons. The SMILES string of the molecule is CN1CCN(c2cccn(Cc3ccc(Cl)cc3)c2=O)CC1. The molecule has 1 saturated heterocycles. The van der Waals surface area contributed by atoms with Gasteiger partial charge in [0.15, 0.2) is 0 Å². The second kappa shape index (κ2) is 6.55. The van der Waals surface area contributed by atoms with Gasteiger partial charge in [-0.25, -0.2) is 0 Å². The minimum Gasteiger partial charge on any atom is -0.365 e. The maximum atomic E-state index is 12.7. The number of benzene rings is 1. The predicted molar refractivity (Wildman–Crippen MR) is 91.0 cm³/mol. The van der Waals surface area contributed by atoms with E-state index in [0.717, 1.165) is 37.4 Å². The van der Waals surface area contributed by atoms with Crippen molar-refractivity contribution in [2.45, 2.75) is 6.54 Å². The van der Waals surface area contributed by atoms with Gasteiger partial charge >= 0.3 is 0 Å². The number of anilines is 1. The minimum absolute atomic E-state index is 0.0713. The minimum atomic E-state index is 0.0713. The Morgan fingerprint density at radius 1 is 1.05 bits per heavy atom. The average Bonchev–Trinajstić information content (AvgIpc) is 2.53. The van der Waals surface area contributed by atoms with E-state index in [9.17, 15) is 4.79 Å². The van der Waals surface area contributed by atoms with Crippen molar-refractivity contribution in [2.24, 2.45) is 0 Å². The molecule has 0 bridgehead atoms. The topological polar surface area (TPSA) is 28.5 Å². The number of hydrogen-bond donors (Lipinski definition) is 0. The fourth-order valence-electron chi connectivity index (χ4n) is 2.72. The molecule has 1 aromatic carbocycles. The van der Waals surface area contributed by atoms with E-state index in [-0.39, 0.29) is 5.56 Å². The van der Waals surface area contributed by atoms with Gasteiger partial charge in [0, 0.05) is 37.4 Å². The molecule has 0 atom stereocenters. The Labute approximate surface area is 135 Å². The smallest absolute Gasteiger partial charge is 0.274 e. The van der Waals surface area contributed by atoms with E-state index < -0.39 is 0 Å². The van der Waals surface area contributed by atoms with E-state index in [2.05, 4.69) is 16.8 Å². The number of halogens is 1. The Bertz CT molecular complexity index is 688. The van der Waals surface area contributed by atoms with Crippen LogP contribution in [0.3, 0.4) is 0 Å². The third kappa shape index (κ3) is 3.34. The highest BCUT2D eigenvalue weighted by molar-refractivity contribution is 6.30. The lowest BCUT2D eigenvalue weighted by Crippen LogP contribution is -2.46. The molecule has 116 valence electrons. The first kappa shape index (κ1) is 15.1. The first-order chi connectivity index (χ1) is 10.6. The summed E-state index contributed by atoms with van der Waals surface area (Å²) >= 11 is 5.91.